The standard InChI is InChI=1S/C17H22FN3/c18-14-10-12(11-19)7-8-17(14)21-16-5-2-1-4-13(16)15-6-3-9-20-15/h7-8,10,13,15-16,20-21H,1-6,9H2. The molecule has 0 spiro atoms. The smallest absolute Gasteiger partial charge is 0.147 e. The van der Waals surface area contributed by atoms with Crippen molar-refractivity contribution in [2.24, 2.45) is 5.92 Å². The van der Waals surface area contributed by atoms with Gasteiger partial charge in [-0.05, 0) is 56.3 Å². The second-order valence-electron chi connectivity index (χ2n) is 6.21. The predicted octanol–water partition coefficient (Wildman–Crippen LogP) is 3.42. The first-order chi connectivity index (χ1) is 10.3. The molecule has 3 nitrogen and oxygen atoms in total. The molecule has 0 bridgehead atoms. The van der Waals surface area contributed by atoms with Gasteiger partial charge in [-0.1, -0.05) is 12.8 Å². The van der Waals surface area contributed by atoms with Crippen LogP contribution in [0.1, 0.15) is 44.1 Å². The summed E-state index contributed by atoms with van der Waals surface area (Å²) in [6, 6.07) is 7.57. The number of anilines is 1. The quantitative estimate of drug-likeness (QED) is 0.895. The first kappa shape index (κ1) is 14.3. The van der Waals surface area contributed by atoms with Crippen LogP contribution in [0.5, 0.6) is 0 Å². The van der Waals surface area contributed by atoms with Crippen LogP contribution in [0.4, 0.5) is 10.1 Å². The van der Waals surface area contributed by atoms with Crippen LogP contribution in [0.2, 0.25) is 0 Å². The van der Waals surface area contributed by atoms with E-state index in [0.29, 0.717) is 29.3 Å². The summed E-state index contributed by atoms with van der Waals surface area (Å²) < 4.78 is 14.1. The molecule has 3 unspecified atom stereocenters. The van der Waals surface area contributed by atoms with E-state index in [1.54, 1.807) is 12.1 Å². The lowest BCUT2D eigenvalue weighted by atomic mass is 9.79. The first-order valence-electron chi connectivity index (χ1n) is 7.97. The van der Waals surface area contributed by atoms with Crippen molar-refractivity contribution in [3.05, 3.63) is 29.6 Å². The van der Waals surface area contributed by atoms with Crippen molar-refractivity contribution in [1.82, 2.24) is 5.32 Å². The van der Waals surface area contributed by atoms with E-state index in [-0.39, 0.29) is 5.82 Å². The molecule has 1 heterocycles. The summed E-state index contributed by atoms with van der Waals surface area (Å²) in [7, 11) is 0. The topological polar surface area (TPSA) is 47.9 Å². The molecule has 0 radical (unpaired) electrons. The highest BCUT2D eigenvalue weighted by molar-refractivity contribution is 5.49. The maximum Gasteiger partial charge on any atom is 0.147 e. The minimum absolute atomic E-state index is 0.322. The van der Waals surface area contributed by atoms with E-state index in [1.807, 2.05) is 6.07 Å². The van der Waals surface area contributed by atoms with Crippen LogP contribution in [0, 0.1) is 23.1 Å². The van der Waals surface area contributed by atoms with E-state index < -0.39 is 0 Å². The van der Waals surface area contributed by atoms with E-state index in [1.165, 1.54) is 38.2 Å². The van der Waals surface area contributed by atoms with Gasteiger partial charge in [0.05, 0.1) is 17.3 Å². The number of nitrogens with zero attached hydrogens (tertiary/aromatic N) is 1. The van der Waals surface area contributed by atoms with Crippen molar-refractivity contribution in [2.75, 3.05) is 11.9 Å². The van der Waals surface area contributed by atoms with Crippen LogP contribution in [-0.2, 0) is 0 Å². The number of rotatable bonds is 3. The minimum Gasteiger partial charge on any atom is -0.380 e. The molecule has 2 fully saturated rings. The minimum atomic E-state index is -0.322. The Labute approximate surface area is 125 Å². The van der Waals surface area contributed by atoms with Gasteiger partial charge < -0.3 is 10.6 Å². The monoisotopic (exact) mass is 287 g/mol. The summed E-state index contributed by atoms with van der Waals surface area (Å²) in [6.45, 7) is 1.11. The third-order valence-corrected chi connectivity index (χ3v) is 4.87. The van der Waals surface area contributed by atoms with Gasteiger partial charge in [0.1, 0.15) is 5.82 Å². The number of hydrogen-bond donors (Lipinski definition) is 2. The predicted molar refractivity (Wildman–Crippen MR) is 81.5 cm³/mol. The van der Waals surface area contributed by atoms with Crippen LogP contribution in [0.15, 0.2) is 18.2 Å². The Balaban J connectivity index is 1.73. The average Bonchev–Trinajstić information content (AvgIpc) is 3.04. The second kappa shape index (κ2) is 6.44. The fourth-order valence-electron chi connectivity index (χ4n) is 3.80. The normalized spacial score (nSPS) is 29.0. The molecular weight excluding hydrogens is 265 g/mol. The highest BCUT2D eigenvalue weighted by Gasteiger charge is 2.33. The van der Waals surface area contributed by atoms with E-state index in [9.17, 15) is 4.39 Å². The molecule has 2 N–H and O–H groups in total. The van der Waals surface area contributed by atoms with Crippen molar-refractivity contribution in [3.8, 4) is 6.07 Å². The van der Waals surface area contributed by atoms with E-state index >= 15 is 0 Å². The highest BCUT2D eigenvalue weighted by Crippen LogP contribution is 2.33. The maximum absolute atomic E-state index is 14.1. The van der Waals surface area contributed by atoms with E-state index in [4.69, 9.17) is 5.26 Å². The van der Waals surface area contributed by atoms with Gasteiger partial charge in [-0.25, -0.2) is 4.39 Å². The number of halogens is 1. The third-order valence-electron chi connectivity index (χ3n) is 4.87. The van der Waals surface area contributed by atoms with Crippen LogP contribution < -0.4 is 10.6 Å². The maximum atomic E-state index is 14.1. The molecule has 1 saturated heterocycles. The Bertz CT molecular complexity index is 531. The third kappa shape index (κ3) is 3.19. The number of nitrogens with one attached hydrogen (secondary N) is 2. The van der Waals surface area contributed by atoms with E-state index in [0.717, 1.165) is 13.0 Å². The van der Waals surface area contributed by atoms with Crippen molar-refractivity contribution < 1.29 is 4.39 Å². The lowest BCUT2D eigenvalue weighted by Crippen LogP contribution is -2.43. The van der Waals surface area contributed by atoms with Gasteiger partial charge in [-0.15, -0.1) is 0 Å². The summed E-state index contributed by atoms with van der Waals surface area (Å²) >= 11 is 0. The van der Waals surface area contributed by atoms with Gasteiger partial charge in [0, 0.05) is 12.1 Å². The molecule has 1 aromatic rings. The van der Waals surface area contributed by atoms with Crippen molar-refractivity contribution in [3.63, 3.8) is 0 Å². The largest absolute Gasteiger partial charge is 0.380 e. The molecule has 1 aliphatic heterocycles. The summed E-state index contributed by atoms with van der Waals surface area (Å²) in [5.41, 5.74) is 0.902. The molecule has 0 amide bonds. The zero-order valence-corrected chi connectivity index (χ0v) is 12.2. The molecule has 1 aliphatic carbocycles. The number of nitriles is 1. The molecule has 3 rings (SSSR count). The molecule has 3 atom stereocenters. The van der Waals surface area contributed by atoms with Gasteiger partial charge in [0.15, 0.2) is 0 Å². The summed E-state index contributed by atoms with van der Waals surface area (Å²) in [6.07, 6.45) is 7.28. The second-order valence-corrected chi connectivity index (χ2v) is 6.21. The zero-order chi connectivity index (χ0) is 14.7. The average molecular weight is 287 g/mol. The highest BCUT2D eigenvalue weighted by atomic mass is 19.1. The number of benzene rings is 1. The van der Waals surface area contributed by atoms with Crippen LogP contribution in [0.3, 0.4) is 0 Å². The fraction of sp³-hybridized carbons (Fsp3) is 0.588. The molecule has 1 saturated carbocycles. The van der Waals surface area contributed by atoms with Gasteiger partial charge in [-0.2, -0.15) is 5.26 Å². The van der Waals surface area contributed by atoms with Gasteiger partial charge in [0.2, 0.25) is 0 Å². The molecule has 4 heteroatoms. The van der Waals surface area contributed by atoms with E-state index in [2.05, 4.69) is 10.6 Å². The molecule has 112 valence electrons. The summed E-state index contributed by atoms with van der Waals surface area (Å²) in [4.78, 5) is 0. The number of hydrogen-bond acceptors (Lipinski definition) is 3. The van der Waals surface area contributed by atoms with Crippen LogP contribution in [0.25, 0.3) is 0 Å². The Morgan fingerprint density at radius 2 is 2.05 bits per heavy atom. The summed E-state index contributed by atoms with van der Waals surface area (Å²) in [5, 5.41) is 15.8. The van der Waals surface area contributed by atoms with Crippen molar-refractivity contribution >= 4 is 5.69 Å². The SMILES string of the molecule is N#Cc1ccc(NC2CCCCC2C2CCCN2)c(F)c1. The molecule has 21 heavy (non-hydrogen) atoms. The Morgan fingerprint density at radius 1 is 1.19 bits per heavy atom. The zero-order valence-electron chi connectivity index (χ0n) is 12.2. The van der Waals surface area contributed by atoms with Gasteiger partial charge in [0.25, 0.3) is 0 Å². The van der Waals surface area contributed by atoms with Gasteiger partial charge in [-0.3, -0.25) is 0 Å². The molecular formula is C17H22FN3. The van der Waals surface area contributed by atoms with Crippen LogP contribution >= 0.6 is 0 Å². The summed E-state index contributed by atoms with van der Waals surface area (Å²) in [5.74, 6) is 0.258. The molecule has 2 aliphatic rings. The van der Waals surface area contributed by atoms with Crippen molar-refractivity contribution in [2.45, 2.75) is 50.6 Å². The lowest BCUT2D eigenvalue weighted by Gasteiger charge is -2.36. The molecule has 1 aromatic carbocycles. The Morgan fingerprint density at radius 3 is 2.76 bits per heavy atom. The van der Waals surface area contributed by atoms with Crippen molar-refractivity contribution in [1.29, 1.82) is 5.26 Å². The van der Waals surface area contributed by atoms with Gasteiger partial charge >= 0.3 is 0 Å². The fourth-order valence-corrected chi connectivity index (χ4v) is 3.80. The first-order valence-corrected chi connectivity index (χ1v) is 7.97. The van der Waals surface area contributed by atoms with Crippen LogP contribution in [-0.4, -0.2) is 18.6 Å². The Kier molecular flexibility index (Phi) is 4.40. The Hall–Kier alpha value is -1.60. The molecule has 0 aromatic heterocycles. The lowest BCUT2D eigenvalue weighted by molar-refractivity contribution is 0.262.